The lowest BCUT2D eigenvalue weighted by molar-refractivity contribution is -0.0683. The van der Waals surface area contributed by atoms with Crippen molar-refractivity contribution in [2.45, 2.75) is 51.5 Å². The topological polar surface area (TPSA) is 26.0 Å². The minimum absolute atomic E-state index is 0.0112. The maximum atomic E-state index is 14.3. The van der Waals surface area contributed by atoms with Gasteiger partial charge in [-0.1, -0.05) is 12.1 Å². The van der Waals surface area contributed by atoms with E-state index >= 15 is 0 Å². The summed E-state index contributed by atoms with van der Waals surface area (Å²) in [6.07, 6.45) is 7.31. The Morgan fingerprint density at radius 1 is 1.00 bits per heavy atom. The zero-order chi connectivity index (χ0) is 14.8. The molecule has 4 aliphatic carbocycles. The number of halogens is 2. The molecular weight excluding hydrogens is 268 g/mol. The second kappa shape index (κ2) is 4.52. The van der Waals surface area contributed by atoms with Gasteiger partial charge >= 0.3 is 0 Å². The molecule has 0 aliphatic heterocycles. The Hall–Kier alpha value is -0.960. The molecule has 0 aromatic heterocycles. The molecule has 0 saturated heterocycles. The number of hydrogen-bond acceptors (Lipinski definition) is 1. The predicted molar refractivity (Wildman–Crippen MR) is 78.6 cm³/mol. The quantitative estimate of drug-likeness (QED) is 0.853. The average molecular weight is 291 g/mol. The molecule has 0 amide bonds. The van der Waals surface area contributed by atoms with E-state index in [4.69, 9.17) is 5.73 Å². The van der Waals surface area contributed by atoms with Crippen LogP contribution in [0.5, 0.6) is 0 Å². The van der Waals surface area contributed by atoms with Gasteiger partial charge in [0.1, 0.15) is 0 Å². The van der Waals surface area contributed by atoms with Gasteiger partial charge in [-0.3, -0.25) is 0 Å². The molecular formula is C18H23F2N. The molecule has 5 rings (SSSR count). The van der Waals surface area contributed by atoms with Crippen LogP contribution in [0.1, 0.15) is 55.7 Å². The van der Waals surface area contributed by atoms with Crippen molar-refractivity contribution in [3.63, 3.8) is 0 Å². The first kappa shape index (κ1) is 13.7. The number of nitrogens with two attached hydrogens (primary N) is 1. The van der Waals surface area contributed by atoms with Crippen molar-refractivity contribution in [1.29, 1.82) is 0 Å². The van der Waals surface area contributed by atoms with Crippen LogP contribution >= 0.6 is 0 Å². The summed E-state index contributed by atoms with van der Waals surface area (Å²) in [7, 11) is 0. The highest BCUT2D eigenvalue weighted by molar-refractivity contribution is 5.30. The molecule has 2 N–H and O–H groups in total. The molecule has 0 spiro atoms. The highest BCUT2D eigenvalue weighted by Gasteiger charge is 2.54. The van der Waals surface area contributed by atoms with Crippen molar-refractivity contribution in [1.82, 2.24) is 0 Å². The maximum Gasteiger partial charge on any atom is 0.163 e. The Kier molecular flexibility index (Phi) is 2.94. The minimum atomic E-state index is -0.729. The van der Waals surface area contributed by atoms with E-state index in [1.54, 1.807) is 19.1 Å². The van der Waals surface area contributed by atoms with Crippen LogP contribution in [0.4, 0.5) is 8.78 Å². The molecule has 4 saturated carbocycles. The van der Waals surface area contributed by atoms with Gasteiger partial charge in [0.25, 0.3) is 0 Å². The summed E-state index contributed by atoms with van der Waals surface area (Å²) < 4.78 is 28.2. The Morgan fingerprint density at radius 2 is 1.52 bits per heavy atom. The van der Waals surface area contributed by atoms with Gasteiger partial charge in [-0.05, 0) is 74.2 Å². The SMILES string of the molecule is Cc1ccc(C(N)C23CC4CC(CC(C4)C2)C3)c(F)c1F. The van der Waals surface area contributed by atoms with E-state index in [9.17, 15) is 8.78 Å². The first-order chi connectivity index (χ1) is 9.98. The molecule has 114 valence electrons. The molecule has 1 aromatic rings. The van der Waals surface area contributed by atoms with Crippen molar-refractivity contribution >= 4 is 0 Å². The first-order valence-electron chi connectivity index (χ1n) is 8.18. The van der Waals surface area contributed by atoms with Crippen LogP contribution in [0, 0.1) is 41.7 Å². The Labute approximate surface area is 124 Å². The predicted octanol–water partition coefficient (Wildman–Crippen LogP) is 4.49. The molecule has 0 radical (unpaired) electrons. The monoisotopic (exact) mass is 291 g/mol. The number of hydrogen-bond donors (Lipinski definition) is 1. The molecule has 0 heterocycles. The van der Waals surface area contributed by atoms with Gasteiger partial charge in [0, 0.05) is 11.6 Å². The molecule has 4 bridgehead atoms. The van der Waals surface area contributed by atoms with Crippen molar-refractivity contribution in [3.05, 3.63) is 34.9 Å². The lowest BCUT2D eigenvalue weighted by Gasteiger charge is -2.59. The van der Waals surface area contributed by atoms with Gasteiger partial charge in [-0.25, -0.2) is 8.78 Å². The van der Waals surface area contributed by atoms with Crippen LogP contribution in [0.2, 0.25) is 0 Å². The van der Waals surface area contributed by atoms with Crippen molar-refractivity contribution < 1.29 is 8.78 Å². The molecule has 1 nitrogen and oxygen atoms in total. The maximum absolute atomic E-state index is 14.3. The van der Waals surface area contributed by atoms with E-state index < -0.39 is 11.6 Å². The standard InChI is InChI=1S/C18H23F2N/c1-10-2-3-14(16(20)15(10)19)17(21)18-7-11-4-12(8-18)6-13(5-11)9-18/h2-3,11-13,17H,4-9,21H2,1H3. The van der Waals surface area contributed by atoms with Crippen LogP contribution in [0.3, 0.4) is 0 Å². The van der Waals surface area contributed by atoms with Crippen molar-refractivity contribution in [2.75, 3.05) is 0 Å². The molecule has 21 heavy (non-hydrogen) atoms. The second-order valence-corrected chi connectivity index (χ2v) is 7.86. The van der Waals surface area contributed by atoms with Crippen molar-refractivity contribution in [3.8, 4) is 0 Å². The number of benzene rings is 1. The van der Waals surface area contributed by atoms with E-state index in [2.05, 4.69) is 0 Å². The third-order valence-electron chi connectivity index (χ3n) is 6.39. The van der Waals surface area contributed by atoms with Crippen LogP contribution in [0.25, 0.3) is 0 Å². The Bertz CT molecular complexity index is 546. The van der Waals surface area contributed by atoms with Crippen LogP contribution in [-0.2, 0) is 0 Å². The number of aryl methyl sites for hydroxylation is 1. The van der Waals surface area contributed by atoms with E-state index in [0.29, 0.717) is 11.1 Å². The zero-order valence-electron chi connectivity index (χ0n) is 12.5. The van der Waals surface area contributed by atoms with Gasteiger partial charge in [-0.15, -0.1) is 0 Å². The smallest absolute Gasteiger partial charge is 0.163 e. The highest BCUT2D eigenvalue weighted by Crippen LogP contribution is 2.63. The fourth-order valence-electron chi connectivity index (χ4n) is 5.79. The third-order valence-corrected chi connectivity index (χ3v) is 6.39. The third kappa shape index (κ3) is 1.97. The largest absolute Gasteiger partial charge is 0.323 e. The fraction of sp³-hybridized carbons (Fsp3) is 0.667. The van der Waals surface area contributed by atoms with Crippen LogP contribution in [-0.4, -0.2) is 0 Å². The number of rotatable bonds is 2. The fourth-order valence-corrected chi connectivity index (χ4v) is 5.79. The highest BCUT2D eigenvalue weighted by atomic mass is 19.2. The molecule has 1 unspecified atom stereocenters. The molecule has 4 aliphatic rings. The van der Waals surface area contributed by atoms with Gasteiger partial charge in [0.05, 0.1) is 0 Å². The molecule has 3 heteroatoms. The van der Waals surface area contributed by atoms with Gasteiger partial charge in [0.2, 0.25) is 0 Å². The summed E-state index contributed by atoms with van der Waals surface area (Å²) in [5, 5.41) is 0. The van der Waals surface area contributed by atoms with Gasteiger partial charge in [-0.2, -0.15) is 0 Å². The van der Waals surface area contributed by atoms with E-state index in [0.717, 1.165) is 37.0 Å². The minimum Gasteiger partial charge on any atom is -0.323 e. The summed E-state index contributed by atoms with van der Waals surface area (Å²) in [6.45, 7) is 1.60. The van der Waals surface area contributed by atoms with Crippen molar-refractivity contribution in [2.24, 2.45) is 28.9 Å². The zero-order valence-corrected chi connectivity index (χ0v) is 12.5. The summed E-state index contributed by atoms with van der Waals surface area (Å²) in [6, 6.07) is 3.01. The first-order valence-corrected chi connectivity index (χ1v) is 8.18. The van der Waals surface area contributed by atoms with Crippen LogP contribution in [0.15, 0.2) is 12.1 Å². The molecule has 4 fully saturated rings. The lowest BCUT2D eigenvalue weighted by atomic mass is 9.47. The molecule has 1 atom stereocenters. The second-order valence-electron chi connectivity index (χ2n) is 7.86. The summed E-state index contributed by atoms with van der Waals surface area (Å²) in [5.41, 5.74) is 7.26. The normalized spacial score (nSPS) is 38.8. The summed E-state index contributed by atoms with van der Waals surface area (Å²) >= 11 is 0. The van der Waals surface area contributed by atoms with E-state index in [1.165, 1.54) is 19.3 Å². The average Bonchev–Trinajstić information content (AvgIpc) is 2.43. The summed E-state index contributed by atoms with van der Waals surface area (Å²) in [4.78, 5) is 0. The van der Waals surface area contributed by atoms with Gasteiger partial charge in [0.15, 0.2) is 11.6 Å². The van der Waals surface area contributed by atoms with Gasteiger partial charge < -0.3 is 5.73 Å². The lowest BCUT2D eigenvalue weighted by Crippen LogP contribution is -2.51. The van der Waals surface area contributed by atoms with E-state index in [1.807, 2.05) is 0 Å². The summed E-state index contributed by atoms with van der Waals surface area (Å²) in [5.74, 6) is 0.841. The Balaban J connectivity index is 1.72. The van der Waals surface area contributed by atoms with Crippen LogP contribution < -0.4 is 5.73 Å². The Morgan fingerprint density at radius 3 is 2.05 bits per heavy atom. The van der Waals surface area contributed by atoms with E-state index in [-0.39, 0.29) is 11.5 Å². The molecule has 1 aromatic carbocycles.